The van der Waals surface area contributed by atoms with Gasteiger partial charge in [0, 0.05) is 12.1 Å². The van der Waals surface area contributed by atoms with Crippen LogP contribution in [-0.4, -0.2) is 18.6 Å². The lowest BCUT2D eigenvalue weighted by Crippen LogP contribution is -2.01. The van der Waals surface area contributed by atoms with E-state index in [1.165, 1.54) is 25.3 Å². The second-order valence-electron chi connectivity index (χ2n) is 2.70. The minimum atomic E-state index is -0.472. The highest BCUT2D eigenvalue weighted by Crippen LogP contribution is 2.28. The molecule has 0 aliphatic carbocycles. The van der Waals surface area contributed by atoms with Crippen molar-refractivity contribution in [1.29, 1.82) is 0 Å². The second kappa shape index (κ2) is 4.86. The van der Waals surface area contributed by atoms with Gasteiger partial charge in [0.25, 0.3) is 5.69 Å². The van der Waals surface area contributed by atoms with Crippen molar-refractivity contribution in [3.8, 4) is 18.1 Å². The van der Waals surface area contributed by atoms with Gasteiger partial charge in [-0.2, -0.15) is 0 Å². The van der Waals surface area contributed by atoms with E-state index in [2.05, 4.69) is 11.2 Å². The lowest BCUT2D eigenvalue weighted by Gasteiger charge is -2.08. The van der Waals surface area contributed by atoms with Crippen LogP contribution in [0.4, 0.5) is 11.4 Å². The van der Waals surface area contributed by atoms with E-state index in [0.29, 0.717) is 11.4 Å². The molecule has 0 aromatic heterocycles. The van der Waals surface area contributed by atoms with E-state index in [0.717, 1.165) is 0 Å². The van der Waals surface area contributed by atoms with Gasteiger partial charge in [-0.1, -0.05) is 5.92 Å². The first-order chi connectivity index (χ1) is 7.19. The van der Waals surface area contributed by atoms with Gasteiger partial charge < -0.3 is 10.1 Å². The molecule has 0 aliphatic rings. The Kier molecular flexibility index (Phi) is 3.52. The fourth-order valence-corrected chi connectivity index (χ4v) is 1.09. The summed E-state index contributed by atoms with van der Waals surface area (Å²) in [5, 5.41) is 13.4. The second-order valence-corrected chi connectivity index (χ2v) is 2.70. The minimum absolute atomic E-state index is 0.00433. The molecular weight excluding hydrogens is 196 g/mol. The monoisotopic (exact) mass is 206 g/mol. The predicted octanol–water partition coefficient (Wildman–Crippen LogP) is 1.65. The van der Waals surface area contributed by atoms with Crippen LogP contribution < -0.4 is 10.1 Å². The molecule has 0 unspecified atom stereocenters. The van der Waals surface area contributed by atoms with Gasteiger partial charge >= 0.3 is 0 Å². The highest BCUT2D eigenvalue weighted by atomic mass is 16.6. The third kappa shape index (κ3) is 2.61. The predicted molar refractivity (Wildman–Crippen MR) is 57.0 cm³/mol. The van der Waals surface area contributed by atoms with Crippen molar-refractivity contribution < 1.29 is 9.66 Å². The van der Waals surface area contributed by atoms with Gasteiger partial charge in [-0.3, -0.25) is 10.1 Å². The number of benzene rings is 1. The first-order valence-corrected chi connectivity index (χ1v) is 4.18. The molecule has 15 heavy (non-hydrogen) atoms. The van der Waals surface area contributed by atoms with Crippen LogP contribution in [0.3, 0.4) is 0 Å². The van der Waals surface area contributed by atoms with Gasteiger partial charge in [-0.15, -0.1) is 6.42 Å². The van der Waals surface area contributed by atoms with Crippen LogP contribution in [-0.2, 0) is 0 Å². The maximum Gasteiger partial charge on any atom is 0.271 e. The van der Waals surface area contributed by atoms with Gasteiger partial charge in [0.2, 0.25) is 0 Å². The van der Waals surface area contributed by atoms with Crippen molar-refractivity contribution in [2.24, 2.45) is 0 Å². The zero-order valence-corrected chi connectivity index (χ0v) is 8.19. The zero-order valence-electron chi connectivity index (χ0n) is 8.19. The lowest BCUT2D eigenvalue weighted by atomic mass is 10.2. The summed E-state index contributed by atoms with van der Waals surface area (Å²) in [6, 6.07) is 4.28. The number of rotatable bonds is 4. The third-order valence-corrected chi connectivity index (χ3v) is 1.77. The first-order valence-electron chi connectivity index (χ1n) is 4.18. The first kappa shape index (κ1) is 10.9. The Balaban J connectivity index is 3.03. The average Bonchev–Trinajstić information content (AvgIpc) is 2.25. The average molecular weight is 206 g/mol. The van der Waals surface area contributed by atoms with E-state index in [1.807, 2.05) is 0 Å². The minimum Gasteiger partial charge on any atom is -0.495 e. The quantitative estimate of drug-likeness (QED) is 0.462. The molecule has 0 bridgehead atoms. The van der Waals surface area contributed by atoms with Crippen molar-refractivity contribution >= 4 is 11.4 Å². The molecule has 0 amide bonds. The van der Waals surface area contributed by atoms with Gasteiger partial charge in [-0.05, 0) is 6.07 Å². The van der Waals surface area contributed by atoms with Crippen molar-refractivity contribution in [1.82, 2.24) is 0 Å². The topological polar surface area (TPSA) is 64.4 Å². The van der Waals surface area contributed by atoms with Crippen LogP contribution >= 0.6 is 0 Å². The van der Waals surface area contributed by atoms with E-state index < -0.39 is 4.92 Å². The number of nitro benzene ring substituents is 1. The van der Waals surface area contributed by atoms with Gasteiger partial charge in [-0.25, -0.2) is 0 Å². The van der Waals surface area contributed by atoms with Gasteiger partial charge in [0.1, 0.15) is 5.75 Å². The SMILES string of the molecule is C#CCNc1cc([N+](=O)[O-])ccc1OC. The molecule has 5 heteroatoms. The number of ether oxygens (including phenoxy) is 1. The Bertz CT molecular complexity index is 410. The summed E-state index contributed by atoms with van der Waals surface area (Å²) in [5.74, 6) is 2.90. The summed E-state index contributed by atoms with van der Waals surface area (Å²) < 4.78 is 5.02. The molecule has 1 rings (SSSR count). The van der Waals surface area contributed by atoms with Gasteiger partial charge in [0.15, 0.2) is 0 Å². The summed E-state index contributed by atoms with van der Waals surface area (Å²) in [6.07, 6.45) is 5.08. The zero-order chi connectivity index (χ0) is 11.3. The third-order valence-electron chi connectivity index (χ3n) is 1.77. The van der Waals surface area contributed by atoms with Gasteiger partial charge in [0.05, 0.1) is 24.3 Å². The molecule has 5 nitrogen and oxygen atoms in total. The van der Waals surface area contributed by atoms with Crippen LogP contribution in [0.1, 0.15) is 0 Å². The molecule has 0 atom stereocenters. The molecule has 0 heterocycles. The molecule has 0 aliphatic heterocycles. The molecule has 0 saturated carbocycles. The van der Waals surface area contributed by atoms with Crippen LogP contribution in [0.5, 0.6) is 5.75 Å². The smallest absolute Gasteiger partial charge is 0.271 e. The number of nitro groups is 1. The van der Waals surface area contributed by atoms with E-state index in [9.17, 15) is 10.1 Å². The summed E-state index contributed by atoms with van der Waals surface area (Å²) in [7, 11) is 1.49. The normalized spacial score (nSPS) is 9.07. The largest absolute Gasteiger partial charge is 0.495 e. The van der Waals surface area contributed by atoms with Crippen molar-refractivity contribution in [3.05, 3.63) is 28.3 Å². The Morgan fingerprint density at radius 1 is 1.67 bits per heavy atom. The van der Waals surface area contributed by atoms with E-state index >= 15 is 0 Å². The highest BCUT2D eigenvalue weighted by Gasteiger charge is 2.10. The standard InChI is InChI=1S/C10H10N2O3/c1-3-6-11-9-7-8(12(13)14)4-5-10(9)15-2/h1,4-5,7,11H,6H2,2H3. The van der Waals surface area contributed by atoms with Crippen LogP contribution in [0.2, 0.25) is 0 Å². The van der Waals surface area contributed by atoms with E-state index in [1.54, 1.807) is 0 Å². The molecule has 1 aromatic carbocycles. The number of anilines is 1. The summed E-state index contributed by atoms with van der Waals surface area (Å²) in [4.78, 5) is 10.1. The molecule has 1 N–H and O–H groups in total. The van der Waals surface area contributed by atoms with Crippen molar-refractivity contribution in [2.75, 3.05) is 19.0 Å². The fourth-order valence-electron chi connectivity index (χ4n) is 1.09. The van der Waals surface area contributed by atoms with Crippen LogP contribution in [0, 0.1) is 22.5 Å². The number of hydrogen-bond donors (Lipinski definition) is 1. The Morgan fingerprint density at radius 3 is 2.93 bits per heavy atom. The maximum atomic E-state index is 10.5. The number of methoxy groups -OCH3 is 1. The molecule has 0 radical (unpaired) electrons. The Hall–Kier alpha value is -2.22. The Morgan fingerprint density at radius 2 is 2.40 bits per heavy atom. The van der Waals surface area contributed by atoms with Crippen molar-refractivity contribution in [3.63, 3.8) is 0 Å². The summed E-state index contributed by atoms with van der Waals surface area (Å²) in [5.41, 5.74) is 0.514. The number of terminal acetylenes is 1. The fraction of sp³-hybridized carbons (Fsp3) is 0.200. The molecule has 78 valence electrons. The number of non-ortho nitro benzene ring substituents is 1. The number of nitrogens with one attached hydrogen (secondary N) is 1. The summed E-state index contributed by atoms with van der Waals surface area (Å²) in [6.45, 7) is 0.289. The highest BCUT2D eigenvalue weighted by molar-refractivity contribution is 5.61. The molecule has 0 saturated heterocycles. The van der Waals surface area contributed by atoms with E-state index in [-0.39, 0.29) is 12.2 Å². The van der Waals surface area contributed by atoms with Crippen LogP contribution in [0.25, 0.3) is 0 Å². The van der Waals surface area contributed by atoms with E-state index in [4.69, 9.17) is 11.2 Å². The summed E-state index contributed by atoms with van der Waals surface area (Å²) >= 11 is 0. The number of hydrogen-bond acceptors (Lipinski definition) is 4. The van der Waals surface area contributed by atoms with Crippen molar-refractivity contribution in [2.45, 2.75) is 0 Å². The Labute approximate surface area is 87.2 Å². The molecular formula is C10H10N2O3. The maximum absolute atomic E-state index is 10.5. The van der Waals surface area contributed by atoms with Crippen LogP contribution in [0.15, 0.2) is 18.2 Å². The molecule has 0 spiro atoms. The number of nitrogens with zero attached hydrogens (tertiary/aromatic N) is 1. The molecule has 1 aromatic rings. The molecule has 0 fully saturated rings. The lowest BCUT2D eigenvalue weighted by molar-refractivity contribution is -0.384.